The van der Waals surface area contributed by atoms with Crippen LogP contribution in [0.5, 0.6) is 28.7 Å². The topological polar surface area (TPSA) is 170 Å². The number of amides is 1. The van der Waals surface area contributed by atoms with Crippen LogP contribution < -0.4 is 29.0 Å². The lowest BCUT2D eigenvalue weighted by Crippen LogP contribution is -2.57. The lowest BCUT2D eigenvalue weighted by atomic mass is 9.82. The van der Waals surface area contributed by atoms with Gasteiger partial charge in [0.2, 0.25) is 6.79 Å². The van der Waals surface area contributed by atoms with E-state index >= 15 is 0 Å². The van der Waals surface area contributed by atoms with Crippen molar-refractivity contribution >= 4 is 18.0 Å². The van der Waals surface area contributed by atoms with Crippen molar-refractivity contribution in [2.24, 2.45) is 0 Å². The first-order valence-electron chi connectivity index (χ1n) is 16.8. The maximum Gasteiger partial charge on any atom is 0.411 e. The van der Waals surface area contributed by atoms with Crippen LogP contribution in [-0.4, -0.2) is 101 Å². The maximum atomic E-state index is 14.1. The standard InChI is InChI=1S/C37H48N2O13/c1-9-12-47-35-29-24(14-21(4)32(35)45-8)15-25(18-49-23(6)41)39(37(43)48-13-10-2)31(29)27(17-40)38-30(36(42)46-11-3)26-16-28(50-19-44-7)22(5)33-34(26)52-20-51-33/h9-10,14,16,25,27,30-31,38,40H,1-2,11-13,15,17-20H2,3-8H3/t25-,27-,30+,31?/m0/s1. The summed E-state index contributed by atoms with van der Waals surface area (Å²) in [7, 11) is 2.97. The minimum Gasteiger partial charge on any atom is -0.493 e. The Balaban J connectivity index is 1.99. The van der Waals surface area contributed by atoms with Crippen LogP contribution >= 0.6 is 0 Å². The third kappa shape index (κ3) is 8.54. The highest BCUT2D eigenvalue weighted by Gasteiger charge is 2.47. The number of hydrogen-bond acceptors (Lipinski definition) is 14. The van der Waals surface area contributed by atoms with Crippen LogP contribution in [0.1, 0.15) is 53.7 Å². The number of rotatable bonds is 18. The van der Waals surface area contributed by atoms with E-state index in [2.05, 4.69) is 18.5 Å². The van der Waals surface area contributed by atoms with Gasteiger partial charge >= 0.3 is 18.0 Å². The lowest BCUT2D eigenvalue weighted by molar-refractivity contribution is -0.147. The summed E-state index contributed by atoms with van der Waals surface area (Å²) in [6.07, 6.45) is 2.40. The highest BCUT2D eigenvalue weighted by Crippen LogP contribution is 2.49. The normalized spacial score (nSPS) is 16.9. The Morgan fingerprint density at radius 2 is 1.77 bits per heavy atom. The summed E-state index contributed by atoms with van der Waals surface area (Å²) in [5.74, 6) is 0.421. The fourth-order valence-corrected chi connectivity index (χ4v) is 6.47. The van der Waals surface area contributed by atoms with Gasteiger partial charge in [0.05, 0.1) is 38.4 Å². The molecule has 0 spiro atoms. The second-order valence-electron chi connectivity index (χ2n) is 12.0. The number of ether oxygens (including phenoxy) is 9. The van der Waals surface area contributed by atoms with Crippen LogP contribution in [0.2, 0.25) is 0 Å². The van der Waals surface area contributed by atoms with Crippen molar-refractivity contribution < 1.29 is 62.1 Å². The first-order valence-corrected chi connectivity index (χ1v) is 16.8. The zero-order valence-electron chi connectivity index (χ0n) is 30.5. The van der Waals surface area contributed by atoms with Crippen LogP contribution in [0.25, 0.3) is 0 Å². The van der Waals surface area contributed by atoms with E-state index in [-0.39, 0.29) is 52.2 Å². The van der Waals surface area contributed by atoms with Gasteiger partial charge in [-0.25, -0.2) is 9.59 Å². The van der Waals surface area contributed by atoms with Gasteiger partial charge in [-0.15, -0.1) is 0 Å². The molecule has 52 heavy (non-hydrogen) atoms. The van der Waals surface area contributed by atoms with Crippen LogP contribution in [0.4, 0.5) is 4.79 Å². The number of aryl methyl sites for hydroxylation is 1. The Morgan fingerprint density at radius 3 is 2.40 bits per heavy atom. The number of aliphatic hydroxyl groups excluding tert-OH is 1. The van der Waals surface area contributed by atoms with Gasteiger partial charge in [0, 0.05) is 30.7 Å². The quantitative estimate of drug-likeness (QED) is 0.0978. The van der Waals surface area contributed by atoms with E-state index in [1.807, 2.05) is 13.0 Å². The number of aliphatic hydroxyl groups is 1. The molecule has 15 heteroatoms. The van der Waals surface area contributed by atoms with Crippen molar-refractivity contribution in [3.63, 3.8) is 0 Å². The maximum absolute atomic E-state index is 14.1. The Bertz CT molecular complexity index is 1630. The molecule has 4 rings (SSSR count). The number of esters is 2. The molecule has 1 amide bonds. The molecule has 0 fully saturated rings. The Hall–Kier alpha value is -4.99. The van der Waals surface area contributed by atoms with Crippen LogP contribution in [0.15, 0.2) is 37.4 Å². The minimum atomic E-state index is -1.30. The molecule has 2 aromatic rings. The monoisotopic (exact) mass is 728 g/mol. The van der Waals surface area contributed by atoms with Gasteiger partial charge in [-0.3, -0.25) is 15.0 Å². The average Bonchev–Trinajstić information content (AvgIpc) is 3.63. The van der Waals surface area contributed by atoms with E-state index in [1.165, 1.54) is 32.1 Å². The molecule has 284 valence electrons. The molecule has 0 aromatic heterocycles. The first kappa shape index (κ1) is 39.8. The van der Waals surface area contributed by atoms with Gasteiger partial charge in [-0.05, 0) is 44.4 Å². The van der Waals surface area contributed by atoms with Gasteiger partial charge in [-0.2, -0.15) is 0 Å². The highest BCUT2D eigenvalue weighted by atomic mass is 16.7. The molecule has 2 heterocycles. The molecule has 0 saturated heterocycles. The van der Waals surface area contributed by atoms with Crippen molar-refractivity contribution in [3.05, 3.63) is 65.3 Å². The number of nitrogens with zero attached hydrogens (tertiary/aromatic N) is 1. The minimum absolute atomic E-state index is 0.0337. The molecule has 2 aromatic carbocycles. The van der Waals surface area contributed by atoms with Crippen LogP contribution in [0, 0.1) is 13.8 Å². The molecule has 2 aliphatic rings. The lowest BCUT2D eigenvalue weighted by Gasteiger charge is -2.46. The largest absolute Gasteiger partial charge is 0.493 e. The predicted octanol–water partition coefficient (Wildman–Crippen LogP) is 4.00. The predicted molar refractivity (Wildman–Crippen MR) is 187 cm³/mol. The molecule has 0 radical (unpaired) electrons. The summed E-state index contributed by atoms with van der Waals surface area (Å²) in [5, 5.41) is 14.5. The van der Waals surface area contributed by atoms with Crippen molar-refractivity contribution in [2.75, 3.05) is 60.8 Å². The number of methoxy groups -OCH3 is 2. The molecule has 0 aliphatic carbocycles. The number of carbonyl (C=O) groups excluding carboxylic acids is 3. The average molecular weight is 729 g/mol. The summed E-state index contributed by atoms with van der Waals surface area (Å²) in [6.45, 7) is 13.0. The van der Waals surface area contributed by atoms with Gasteiger partial charge in [0.15, 0.2) is 29.8 Å². The molecule has 15 nitrogen and oxygen atoms in total. The second kappa shape index (κ2) is 18.5. The molecule has 0 saturated carbocycles. The van der Waals surface area contributed by atoms with E-state index in [0.29, 0.717) is 39.7 Å². The SMILES string of the molecule is C=CCOC(=O)N1C([C@H](CO)N[C@@H](C(=O)OCC)c2cc(OCOC)c(C)c3c2OCO3)c2c(cc(C)c(OC)c2OCC=C)C[C@H]1COC(C)=O. The molecule has 2 aliphatic heterocycles. The van der Waals surface area contributed by atoms with Gasteiger partial charge in [-0.1, -0.05) is 31.4 Å². The Labute approximate surface area is 303 Å². The van der Waals surface area contributed by atoms with Crippen LogP contribution in [-0.2, 0) is 35.0 Å². The Kier molecular flexibility index (Phi) is 14.1. The van der Waals surface area contributed by atoms with Crippen molar-refractivity contribution in [3.8, 4) is 28.7 Å². The van der Waals surface area contributed by atoms with Crippen molar-refractivity contribution in [1.82, 2.24) is 10.2 Å². The van der Waals surface area contributed by atoms with E-state index in [4.69, 9.17) is 42.6 Å². The number of benzene rings is 2. The number of nitrogens with one attached hydrogen (secondary N) is 1. The zero-order chi connectivity index (χ0) is 37.9. The zero-order valence-corrected chi connectivity index (χ0v) is 30.5. The summed E-state index contributed by atoms with van der Waals surface area (Å²) >= 11 is 0. The number of fused-ring (bicyclic) bond motifs is 2. The van der Waals surface area contributed by atoms with Crippen LogP contribution in [0.3, 0.4) is 0 Å². The third-order valence-electron chi connectivity index (χ3n) is 8.55. The molecule has 4 atom stereocenters. The highest BCUT2D eigenvalue weighted by molar-refractivity contribution is 5.80. The summed E-state index contributed by atoms with van der Waals surface area (Å²) in [4.78, 5) is 41.4. The smallest absolute Gasteiger partial charge is 0.411 e. The summed E-state index contributed by atoms with van der Waals surface area (Å²) in [5.41, 5.74) is 2.85. The fraction of sp³-hybridized carbons (Fsp3) is 0.486. The van der Waals surface area contributed by atoms with Gasteiger partial charge in [0.25, 0.3) is 0 Å². The van der Waals surface area contributed by atoms with Gasteiger partial charge in [0.1, 0.15) is 31.6 Å². The van der Waals surface area contributed by atoms with E-state index in [1.54, 1.807) is 26.0 Å². The van der Waals surface area contributed by atoms with Crippen molar-refractivity contribution in [1.29, 1.82) is 0 Å². The molecule has 0 bridgehead atoms. The molecular weight excluding hydrogens is 680 g/mol. The number of hydrogen-bond donors (Lipinski definition) is 2. The van der Waals surface area contributed by atoms with Gasteiger partial charge < -0.3 is 47.7 Å². The second-order valence-corrected chi connectivity index (χ2v) is 12.0. The number of carbonyl (C=O) groups is 3. The molecular formula is C37H48N2O13. The van der Waals surface area contributed by atoms with E-state index < -0.39 is 48.8 Å². The molecule has 1 unspecified atom stereocenters. The molecule has 2 N–H and O–H groups in total. The summed E-state index contributed by atoms with van der Waals surface area (Å²) < 4.78 is 51.2. The summed E-state index contributed by atoms with van der Waals surface area (Å²) in [6, 6.07) is -0.812. The Morgan fingerprint density at radius 1 is 1.04 bits per heavy atom. The third-order valence-corrected chi connectivity index (χ3v) is 8.55. The fourth-order valence-electron chi connectivity index (χ4n) is 6.47. The van der Waals surface area contributed by atoms with E-state index in [0.717, 1.165) is 11.1 Å². The van der Waals surface area contributed by atoms with Crippen molar-refractivity contribution in [2.45, 2.75) is 58.3 Å². The first-order chi connectivity index (χ1) is 25.1. The van der Waals surface area contributed by atoms with E-state index in [9.17, 15) is 19.5 Å².